The quantitative estimate of drug-likeness (QED) is 0.584. The van der Waals surface area contributed by atoms with Crippen molar-refractivity contribution < 1.29 is 4.74 Å². The van der Waals surface area contributed by atoms with Crippen molar-refractivity contribution in [3.63, 3.8) is 0 Å². The van der Waals surface area contributed by atoms with Crippen molar-refractivity contribution in [2.24, 2.45) is 5.73 Å². The standard InChI is InChI=1S/C24H28N8O/c1-15-17(11-25)4-3-5-19(15)23(26)28-24-20-10-22(27-12-21(20)16(2)29-30-24)32-7-6-31-8-9-33-14-18(31)13-32/h3-5,10,12,18,23H,6-9,13-14,26H2,1-2H3,(H,28,30)/t18-,23-/m0/s1. The summed E-state index contributed by atoms with van der Waals surface area (Å²) in [6, 6.07) is 10.2. The Morgan fingerprint density at radius 3 is 2.94 bits per heavy atom. The average molecular weight is 445 g/mol. The molecule has 2 fully saturated rings. The van der Waals surface area contributed by atoms with Crippen molar-refractivity contribution >= 4 is 22.4 Å². The number of nitriles is 1. The van der Waals surface area contributed by atoms with Crippen molar-refractivity contribution in [2.75, 3.05) is 49.6 Å². The molecule has 9 heteroatoms. The minimum atomic E-state index is -0.530. The third-order valence-corrected chi connectivity index (χ3v) is 6.72. The molecule has 2 aliphatic heterocycles. The molecule has 33 heavy (non-hydrogen) atoms. The van der Waals surface area contributed by atoms with Gasteiger partial charge in [0, 0.05) is 43.1 Å². The van der Waals surface area contributed by atoms with E-state index in [2.05, 4.69) is 37.4 Å². The van der Waals surface area contributed by atoms with Gasteiger partial charge in [-0.1, -0.05) is 12.1 Å². The number of piperazine rings is 1. The highest BCUT2D eigenvalue weighted by molar-refractivity contribution is 5.94. The van der Waals surface area contributed by atoms with Crippen LogP contribution in [0.1, 0.15) is 28.6 Å². The van der Waals surface area contributed by atoms with Gasteiger partial charge in [-0.3, -0.25) is 4.90 Å². The summed E-state index contributed by atoms with van der Waals surface area (Å²) in [5, 5.41) is 23.3. The third-order valence-electron chi connectivity index (χ3n) is 6.72. The lowest BCUT2D eigenvalue weighted by molar-refractivity contribution is -0.0117. The van der Waals surface area contributed by atoms with Gasteiger partial charge >= 0.3 is 0 Å². The topological polar surface area (TPSA) is 116 Å². The molecule has 0 spiro atoms. The molecular weight excluding hydrogens is 416 g/mol. The number of aryl methyl sites for hydroxylation is 1. The minimum Gasteiger partial charge on any atom is -0.378 e. The number of benzene rings is 1. The van der Waals surface area contributed by atoms with Crippen LogP contribution in [0.4, 0.5) is 11.6 Å². The van der Waals surface area contributed by atoms with Gasteiger partial charge in [0.15, 0.2) is 5.82 Å². The van der Waals surface area contributed by atoms with Gasteiger partial charge in [0.05, 0.1) is 36.6 Å². The Morgan fingerprint density at radius 2 is 2.09 bits per heavy atom. The Labute approximate surface area is 193 Å². The summed E-state index contributed by atoms with van der Waals surface area (Å²) in [5.41, 5.74) is 9.64. The summed E-state index contributed by atoms with van der Waals surface area (Å²) in [6.45, 7) is 9.23. The first kappa shape index (κ1) is 21.5. The van der Waals surface area contributed by atoms with Gasteiger partial charge in [-0.2, -0.15) is 10.4 Å². The summed E-state index contributed by atoms with van der Waals surface area (Å²) in [5.74, 6) is 1.52. The Morgan fingerprint density at radius 1 is 1.21 bits per heavy atom. The molecular formula is C24H28N8O. The highest BCUT2D eigenvalue weighted by Crippen LogP contribution is 2.29. The van der Waals surface area contributed by atoms with Crippen LogP contribution in [0.15, 0.2) is 30.5 Å². The van der Waals surface area contributed by atoms with E-state index in [4.69, 9.17) is 15.5 Å². The smallest absolute Gasteiger partial charge is 0.158 e. The van der Waals surface area contributed by atoms with Crippen LogP contribution >= 0.6 is 0 Å². The van der Waals surface area contributed by atoms with E-state index in [1.165, 1.54) is 0 Å². The van der Waals surface area contributed by atoms with Crippen LogP contribution in [0, 0.1) is 25.2 Å². The average Bonchev–Trinajstić information content (AvgIpc) is 2.85. The van der Waals surface area contributed by atoms with Crippen LogP contribution in [0.3, 0.4) is 0 Å². The van der Waals surface area contributed by atoms with Crippen LogP contribution in [0.25, 0.3) is 10.8 Å². The van der Waals surface area contributed by atoms with E-state index in [0.717, 1.165) is 72.8 Å². The first-order valence-electron chi connectivity index (χ1n) is 11.3. The fourth-order valence-corrected chi connectivity index (χ4v) is 4.73. The Bertz CT molecular complexity index is 1220. The molecule has 0 bridgehead atoms. The van der Waals surface area contributed by atoms with E-state index >= 15 is 0 Å². The van der Waals surface area contributed by atoms with Crippen molar-refractivity contribution in [1.82, 2.24) is 20.1 Å². The number of hydrogen-bond donors (Lipinski definition) is 2. The summed E-state index contributed by atoms with van der Waals surface area (Å²) in [4.78, 5) is 9.56. The number of rotatable bonds is 4. The van der Waals surface area contributed by atoms with Crippen molar-refractivity contribution in [2.45, 2.75) is 26.1 Å². The monoisotopic (exact) mass is 444 g/mol. The second-order valence-electron chi connectivity index (χ2n) is 8.69. The van der Waals surface area contributed by atoms with E-state index in [1.54, 1.807) is 6.07 Å². The van der Waals surface area contributed by atoms with E-state index in [1.807, 2.05) is 32.2 Å². The lowest BCUT2D eigenvalue weighted by atomic mass is 10.0. The molecule has 2 atom stereocenters. The number of morpholine rings is 1. The molecule has 0 unspecified atom stereocenters. The predicted molar refractivity (Wildman–Crippen MR) is 127 cm³/mol. The van der Waals surface area contributed by atoms with Crippen LogP contribution < -0.4 is 16.0 Å². The molecule has 0 aliphatic carbocycles. The van der Waals surface area contributed by atoms with Crippen LogP contribution in [0.2, 0.25) is 0 Å². The lowest BCUT2D eigenvalue weighted by Gasteiger charge is -2.44. The summed E-state index contributed by atoms with van der Waals surface area (Å²) in [7, 11) is 0. The molecule has 0 saturated carbocycles. The SMILES string of the molecule is Cc1c(C#N)cccc1[C@@H](N)Nc1nnc(C)c2cnc(N3CCN4CCOC[C@@H]4C3)cc12. The van der Waals surface area contributed by atoms with Gasteiger partial charge in [-0.25, -0.2) is 4.98 Å². The summed E-state index contributed by atoms with van der Waals surface area (Å²) >= 11 is 0. The minimum absolute atomic E-state index is 0.392. The van der Waals surface area contributed by atoms with Crippen molar-refractivity contribution in [1.29, 1.82) is 5.26 Å². The van der Waals surface area contributed by atoms with Gasteiger partial charge in [0.25, 0.3) is 0 Å². The summed E-state index contributed by atoms with van der Waals surface area (Å²) < 4.78 is 5.69. The molecule has 170 valence electrons. The van der Waals surface area contributed by atoms with E-state index in [-0.39, 0.29) is 0 Å². The van der Waals surface area contributed by atoms with Gasteiger partial charge in [0.1, 0.15) is 12.0 Å². The van der Waals surface area contributed by atoms with Crippen LogP contribution in [0.5, 0.6) is 0 Å². The molecule has 9 nitrogen and oxygen atoms in total. The van der Waals surface area contributed by atoms with Crippen LogP contribution in [-0.2, 0) is 4.74 Å². The summed E-state index contributed by atoms with van der Waals surface area (Å²) in [6.07, 6.45) is 1.34. The number of ether oxygens (including phenoxy) is 1. The van der Waals surface area contributed by atoms with Gasteiger partial charge in [-0.05, 0) is 37.1 Å². The highest BCUT2D eigenvalue weighted by atomic mass is 16.5. The molecule has 5 rings (SSSR count). The van der Waals surface area contributed by atoms with Crippen LogP contribution in [-0.4, -0.2) is 65.5 Å². The number of nitrogens with two attached hydrogens (primary N) is 1. The number of anilines is 2. The van der Waals surface area contributed by atoms with E-state index in [9.17, 15) is 5.26 Å². The molecule has 1 aromatic carbocycles. The molecule has 0 radical (unpaired) electrons. The maximum Gasteiger partial charge on any atom is 0.158 e. The molecule has 2 aliphatic rings. The predicted octanol–water partition coefficient (Wildman–Crippen LogP) is 2.10. The number of nitrogens with one attached hydrogen (secondary N) is 1. The lowest BCUT2D eigenvalue weighted by Crippen LogP contribution is -2.58. The maximum atomic E-state index is 9.36. The Hall–Kier alpha value is -3.32. The Balaban J connectivity index is 1.46. The van der Waals surface area contributed by atoms with Crippen molar-refractivity contribution in [3.05, 3.63) is 52.8 Å². The second kappa shape index (κ2) is 8.90. The first-order chi connectivity index (χ1) is 16.0. The zero-order chi connectivity index (χ0) is 22.9. The molecule has 2 aromatic heterocycles. The van der Waals surface area contributed by atoms with Gasteiger partial charge in [-0.15, -0.1) is 5.10 Å². The number of aromatic nitrogens is 3. The molecule has 3 N–H and O–H groups in total. The maximum absolute atomic E-state index is 9.36. The fraction of sp³-hybridized carbons (Fsp3) is 0.417. The number of hydrogen-bond acceptors (Lipinski definition) is 9. The third kappa shape index (κ3) is 4.09. The molecule has 4 heterocycles. The molecule has 0 amide bonds. The molecule has 3 aromatic rings. The zero-order valence-electron chi connectivity index (χ0n) is 19.0. The fourth-order valence-electron chi connectivity index (χ4n) is 4.73. The number of nitrogens with zero attached hydrogens (tertiary/aromatic N) is 6. The van der Waals surface area contributed by atoms with E-state index in [0.29, 0.717) is 17.4 Å². The van der Waals surface area contributed by atoms with E-state index < -0.39 is 6.17 Å². The first-order valence-corrected chi connectivity index (χ1v) is 11.3. The molecule has 2 saturated heterocycles. The largest absolute Gasteiger partial charge is 0.378 e. The zero-order valence-corrected chi connectivity index (χ0v) is 19.0. The number of fused-ring (bicyclic) bond motifs is 2. The number of pyridine rings is 1. The normalized spacial score (nSPS) is 19.7. The van der Waals surface area contributed by atoms with Gasteiger partial charge in [0.2, 0.25) is 0 Å². The van der Waals surface area contributed by atoms with Gasteiger partial charge < -0.3 is 20.7 Å². The Kier molecular flexibility index (Phi) is 5.81. The highest BCUT2D eigenvalue weighted by Gasteiger charge is 2.30. The second-order valence-corrected chi connectivity index (χ2v) is 8.69. The van der Waals surface area contributed by atoms with Crippen molar-refractivity contribution in [3.8, 4) is 6.07 Å².